The Kier molecular flexibility index (Phi) is 6.61. The van der Waals surface area contributed by atoms with Crippen LogP contribution in [0.4, 0.5) is 21.9 Å². The minimum absolute atomic E-state index is 0.254. The largest absolute Gasteiger partial charge is 0.455 e. The zero-order chi connectivity index (χ0) is 23.0. The predicted octanol–water partition coefficient (Wildman–Crippen LogP) is 6.08. The van der Waals surface area contributed by atoms with Crippen molar-refractivity contribution in [3.05, 3.63) is 108 Å². The molecule has 1 heterocycles. The summed E-state index contributed by atoms with van der Waals surface area (Å²) >= 11 is 0. The number of carbonyl (C=O) groups excluding carboxylic acids is 2. The van der Waals surface area contributed by atoms with Gasteiger partial charge in [-0.05, 0) is 79.2 Å². The van der Waals surface area contributed by atoms with Gasteiger partial charge in [0, 0.05) is 28.8 Å². The first-order chi connectivity index (χ1) is 16.1. The molecule has 4 rings (SSSR count). The summed E-state index contributed by atoms with van der Waals surface area (Å²) in [6.45, 7) is 1.91. The predicted molar refractivity (Wildman–Crippen MR) is 129 cm³/mol. The maximum atomic E-state index is 12.6. The summed E-state index contributed by atoms with van der Waals surface area (Å²) in [6, 6.07) is 24.5. The van der Waals surface area contributed by atoms with Crippen molar-refractivity contribution in [1.29, 1.82) is 0 Å². The van der Waals surface area contributed by atoms with Crippen LogP contribution in [0.2, 0.25) is 0 Å². The van der Waals surface area contributed by atoms with Crippen LogP contribution in [0, 0.1) is 6.92 Å². The van der Waals surface area contributed by atoms with Gasteiger partial charge in [-0.3, -0.25) is 9.78 Å². The number of urea groups is 1. The number of hydrogen-bond donors (Lipinski definition) is 3. The number of para-hydroxylation sites is 1. The Morgan fingerprint density at radius 1 is 0.758 bits per heavy atom. The molecule has 0 atom stereocenters. The number of pyridine rings is 1. The fourth-order valence-corrected chi connectivity index (χ4v) is 3.10. The normalized spacial score (nSPS) is 10.2. The van der Waals surface area contributed by atoms with E-state index in [0.29, 0.717) is 34.1 Å². The molecule has 3 aromatic carbocycles. The van der Waals surface area contributed by atoms with E-state index >= 15 is 0 Å². The topological polar surface area (TPSA) is 92.4 Å². The van der Waals surface area contributed by atoms with Crippen LogP contribution >= 0.6 is 0 Å². The van der Waals surface area contributed by atoms with E-state index in [4.69, 9.17) is 4.74 Å². The molecule has 0 fully saturated rings. The van der Waals surface area contributed by atoms with Crippen LogP contribution in [0.1, 0.15) is 15.9 Å². The number of aromatic nitrogens is 1. The summed E-state index contributed by atoms with van der Waals surface area (Å²) in [7, 11) is 0. The van der Waals surface area contributed by atoms with Crippen molar-refractivity contribution >= 4 is 29.0 Å². The third-order valence-corrected chi connectivity index (χ3v) is 4.73. The molecule has 7 nitrogen and oxygen atoms in total. The van der Waals surface area contributed by atoms with Gasteiger partial charge in [-0.15, -0.1) is 0 Å². The zero-order valence-electron chi connectivity index (χ0n) is 17.9. The molecule has 0 unspecified atom stereocenters. The van der Waals surface area contributed by atoms with Crippen LogP contribution in [0.5, 0.6) is 11.5 Å². The first-order valence-electron chi connectivity index (χ1n) is 10.3. The van der Waals surface area contributed by atoms with Gasteiger partial charge in [0.1, 0.15) is 11.5 Å². The number of rotatable bonds is 6. The fraction of sp³-hybridized carbons (Fsp3) is 0.0385. The van der Waals surface area contributed by atoms with E-state index in [2.05, 4.69) is 20.9 Å². The quantitative estimate of drug-likeness (QED) is 0.340. The second kappa shape index (κ2) is 10.1. The van der Waals surface area contributed by atoms with Crippen molar-refractivity contribution in [1.82, 2.24) is 4.98 Å². The molecular weight excluding hydrogens is 416 g/mol. The number of anilines is 3. The Balaban J connectivity index is 1.34. The van der Waals surface area contributed by atoms with Gasteiger partial charge in [-0.25, -0.2) is 4.79 Å². The van der Waals surface area contributed by atoms with Gasteiger partial charge in [0.2, 0.25) is 0 Å². The Labute approximate surface area is 191 Å². The average Bonchev–Trinajstić information content (AvgIpc) is 2.82. The molecule has 4 aromatic rings. The van der Waals surface area contributed by atoms with Crippen LogP contribution < -0.4 is 20.7 Å². The van der Waals surface area contributed by atoms with Gasteiger partial charge in [0.15, 0.2) is 0 Å². The molecule has 0 radical (unpaired) electrons. The number of ether oxygens (including phenoxy) is 1. The summed E-state index contributed by atoms with van der Waals surface area (Å²) in [4.78, 5) is 28.8. The lowest BCUT2D eigenvalue weighted by Crippen LogP contribution is -2.19. The van der Waals surface area contributed by atoms with Crippen molar-refractivity contribution < 1.29 is 14.3 Å². The molecule has 0 bridgehead atoms. The fourth-order valence-electron chi connectivity index (χ4n) is 3.10. The van der Waals surface area contributed by atoms with Crippen molar-refractivity contribution in [3.8, 4) is 11.5 Å². The number of carbonyl (C=O) groups is 2. The zero-order valence-corrected chi connectivity index (χ0v) is 17.9. The second-order valence-corrected chi connectivity index (χ2v) is 7.25. The van der Waals surface area contributed by atoms with Crippen molar-refractivity contribution in [3.63, 3.8) is 0 Å². The lowest BCUT2D eigenvalue weighted by atomic mass is 10.1. The van der Waals surface area contributed by atoms with Gasteiger partial charge < -0.3 is 20.7 Å². The maximum absolute atomic E-state index is 12.6. The molecule has 3 amide bonds. The minimum Gasteiger partial charge on any atom is -0.455 e. The van der Waals surface area contributed by atoms with Crippen molar-refractivity contribution in [2.24, 2.45) is 0 Å². The monoisotopic (exact) mass is 438 g/mol. The van der Waals surface area contributed by atoms with Gasteiger partial charge in [-0.1, -0.05) is 18.2 Å². The molecular formula is C26H22N4O3. The van der Waals surface area contributed by atoms with Crippen LogP contribution in [-0.4, -0.2) is 16.9 Å². The summed E-state index contributed by atoms with van der Waals surface area (Å²) in [5.41, 5.74) is 3.27. The van der Waals surface area contributed by atoms with Crippen LogP contribution in [-0.2, 0) is 0 Å². The minimum atomic E-state index is -0.359. The smallest absolute Gasteiger partial charge is 0.323 e. The van der Waals surface area contributed by atoms with Gasteiger partial charge >= 0.3 is 6.03 Å². The molecule has 0 aliphatic rings. The molecule has 1 aromatic heterocycles. The van der Waals surface area contributed by atoms with Crippen LogP contribution in [0.3, 0.4) is 0 Å². The molecule has 164 valence electrons. The Morgan fingerprint density at radius 2 is 1.45 bits per heavy atom. The van der Waals surface area contributed by atoms with Gasteiger partial charge in [-0.2, -0.15) is 0 Å². The first-order valence-corrected chi connectivity index (χ1v) is 10.3. The molecule has 0 saturated carbocycles. The van der Waals surface area contributed by atoms with Gasteiger partial charge in [0.25, 0.3) is 5.91 Å². The van der Waals surface area contributed by atoms with E-state index in [1.807, 2.05) is 37.3 Å². The number of hydrogen-bond acceptors (Lipinski definition) is 4. The lowest BCUT2D eigenvalue weighted by Gasteiger charge is -2.11. The number of aryl methyl sites for hydroxylation is 1. The van der Waals surface area contributed by atoms with Crippen LogP contribution in [0.15, 0.2) is 97.3 Å². The second-order valence-electron chi connectivity index (χ2n) is 7.25. The Bertz CT molecular complexity index is 1240. The van der Waals surface area contributed by atoms with E-state index in [-0.39, 0.29) is 11.9 Å². The third kappa shape index (κ3) is 5.95. The summed E-state index contributed by atoms with van der Waals surface area (Å²) in [5, 5.41) is 8.36. The number of amides is 3. The molecule has 0 saturated heterocycles. The van der Waals surface area contributed by atoms with E-state index < -0.39 is 0 Å². The highest BCUT2D eigenvalue weighted by Gasteiger charge is 2.09. The molecule has 33 heavy (non-hydrogen) atoms. The molecule has 3 N–H and O–H groups in total. The Hall–Kier alpha value is -4.65. The summed E-state index contributed by atoms with van der Waals surface area (Å²) in [6.07, 6.45) is 3.32. The van der Waals surface area contributed by atoms with Crippen molar-refractivity contribution in [2.75, 3.05) is 16.0 Å². The third-order valence-electron chi connectivity index (χ3n) is 4.73. The SMILES string of the molecule is Cc1cc(NC(=O)c2ccc(NC(=O)Nc3ccccc3)cc2)ccc1Oc1cccnc1. The van der Waals surface area contributed by atoms with E-state index in [1.165, 1.54) is 0 Å². The molecule has 0 aliphatic heterocycles. The van der Waals surface area contributed by atoms with Crippen molar-refractivity contribution in [2.45, 2.75) is 6.92 Å². The number of nitrogens with zero attached hydrogens (tertiary/aromatic N) is 1. The number of nitrogens with one attached hydrogen (secondary N) is 3. The molecule has 0 spiro atoms. The molecule has 0 aliphatic carbocycles. The van der Waals surface area contributed by atoms with E-state index in [9.17, 15) is 9.59 Å². The van der Waals surface area contributed by atoms with E-state index in [0.717, 1.165) is 5.56 Å². The van der Waals surface area contributed by atoms with Gasteiger partial charge in [0.05, 0.1) is 6.20 Å². The summed E-state index contributed by atoms with van der Waals surface area (Å²) < 4.78 is 5.82. The first kappa shape index (κ1) is 21.6. The highest BCUT2D eigenvalue weighted by Crippen LogP contribution is 2.27. The average molecular weight is 438 g/mol. The van der Waals surface area contributed by atoms with Crippen LogP contribution in [0.25, 0.3) is 0 Å². The highest BCUT2D eigenvalue weighted by molar-refractivity contribution is 6.05. The highest BCUT2D eigenvalue weighted by atomic mass is 16.5. The maximum Gasteiger partial charge on any atom is 0.323 e. The van der Waals surface area contributed by atoms with E-state index in [1.54, 1.807) is 67.0 Å². The molecule has 7 heteroatoms. The standard InChI is InChI=1S/C26H22N4O3/c1-18-16-22(13-14-24(18)33-23-8-5-15-27-17-23)28-25(31)19-9-11-21(12-10-19)30-26(32)29-20-6-3-2-4-7-20/h2-17H,1H3,(H,28,31)(H2,29,30,32). The number of benzene rings is 3. The lowest BCUT2D eigenvalue weighted by molar-refractivity contribution is 0.102. The summed E-state index contributed by atoms with van der Waals surface area (Å²) in [5.74, 6) is 1.07. The Morgan fingerprint density at radius 3 is 2.12 bits per heavy atom.